The van der Waals surface area contributed by atoms with Crippen molar-refractivity contribution in [1.82, 2.24) is 9.78 Å². The number of carbonyl (C=O) groups is 3. The molecule has 4 heterocycles. The van der Waals surface area contributed by atoms with Crippen molar-refractivity contribution in [3.05, 3.63) is 65.0 Å². The van der Waals surface area contributed by atoms with Crippen LogP contribution in [0.5, 0.6) is 5.75 Å². The summed E-state index contributed by atoms with van der Waals surface area (Å²) in [6.07, 6.45) is 2.94. The lowest BCUT2D eigenvalue weighted by atomic mass is 10.0. The van der Waals surface area contributed by atoms with Crippen LogP contribution in [0.25, 0.3) is 5.69 Å². The monoisotopic (exact) mass is 514 g/mol. The van der Waals surface area contributed by atoms with Crippen molar-refractivity contribution in [1.29, 1.82) is 0 Å². The number of anilines is 2. The lowest BCUT2D eigenvalue weighted by molar-refractivity contribution is -0.119. The first-order chi connectivity index (χ1) is 18.5. The smallest absolute Gasteiger partial charge is 0.359 e. The van der Waals surface area contributed by atoms with Gasteiger partial charge in [-0.05, 0) is 68.7 Å². The van der Waals surface area contributed by atoms with E-state index in [1.54, 1.807) is 16.5 Å². The Labute approximate surface area is 220 Å². The van der Waals surface area contributed by atoms with Crippen molar-refractivity contribution in [2.24, 2.45) is 0 Å². The molecule has 1 saturated heterocycles. The van der Waals surface area contributed by atoms with E-state index < -0.39 is 5.97 Å². The molecule has 2 aromatic carbocycles. The van der Waals surface area contributed by atoms with Gasteiger partial charge in [-0.15, -0.1) is 0 Å². The molecule has 2 amide bonds. The number of carbonyl (C=O) groups excluding carboxylic acids is 3. The van der Waals surface area contributed by atoms with E-state index in [-0.39, 0.29) is 30.0 Å². The summed E-state index contributed by atoms with van der Waals surface area (Å²) in [5, 5.41) is 4.60. The number of esters is 1. The number of aromatic nitrogens is 2. The van der Waals surface area contributed by atoms with Crippen LogP contribution in [-0.4, -0.2) is 53.9 Å². The Balaban J connectivity index is 1.37. The van der Waals surface area contributed by atoms with Crippen molar-refractivity contribution < 1.29 is 23.9 Å². The van der Waals surface area contributed by atoms with Crippen LogP contribution < -0.4 is 14.5 Å². The van der Waals surface area contributed by atoms with Crippen LogP contribution in [-0.2, 0) is 16.0 Å². The van der Waals surface area contributed by atoms with Crippen molar-refractivity contribution in [2.75, 3.05) is 36.1 Å². The number of hydrogen-bond acceptors (Lipinski definition) is 6. The van der Waals surface area contributed by atoms with Crippen LogP contribution in [0.2, 0.25) is 0 Å². The zero-order valence-corrected chi connectivity index (χ0v) is 21.6. The zero-order chi connectivity index (χ0) is 26.4. The molecule has 3 aliphatic heterocycles. The average molecular weight is 515 g/mol. The minimum Gasteiger partial charge on any atom is -0.493 e. The van der Waals surface area contributed by atoms with Gasteiger partial charge in [0, 0.05) is 47.9 Å². The maximum absolute atomic E-state index is 14.0. The van der Waals surface area contributed by atoms with Gasteiger partial charge in [0.25, 0.3) is 5.91 Å². The lowest BCUT2D eigenvalue weighted by Crippen LogP contribution is -2.39. The number of piperidine rings is 1. The predicted molar refractivity (Wildman–Crippen MR) is 141 cm³/mol. The van der Waals surface area contributed by atoms with Gasteiger partial charge in [0.15, 0.2) is 5.69 Å². The molecule has 1 aromatic heterocycles. The molecule has 3 aromatic rings. The highest BCUT2D eigenvalue weighted by Crippen LogP contribution is 2.36. The molecule has 196 valence electrons. The van der Waals surface area contributed by atoms with E-state index in [0.29, 0.717) is 49.5 Å². The van der Waals surface area contributed by atoms with Crippen LogP contribution in [0.4, 0.5) is 11.4 Å². The summed E-state index contributed by atoms with van der Waals surface area (Å²) in [5.41, 5.74) is 4.46. The molecular formula is C29H30N4O5. The normalized spacial score (nSPS) is 18.7. The number of fused-ring (bicyclic) bond motifs is 2. The minimum absolute atomic E-state index is 0.132. The summed E-state index contributed by atoms with van der Waals surface area (Å²) in [6, 6.07) is 13.3. The molecule has 1 atom stereocenters. The first-order valence-electron chi connectivity index (χ1n) is 13.2. The van der Waals surface area contributed by atoms with E-state index in [2.05, 4.69) is 12.0 Å². The van der Waals surface area contributed by atoms with Crippen molar-refractivity contribution in [2.45, 2.75) is 45.4 Å². The summed E-state index contributed by atoms with van der Waals surface area (Å²) in [4.78, 5) is 42.6. The molecule has 0 saturated carbocycles. The first kappa shape index (κ1) is 24.2. The molecule has 0 radical (unpaired) electrons. The van der Waals surface area contributed by atoms with E-state index in [1.165, 1.54) is 0 Å². The van der Waals surface area contributed by atoms with Gasteiger partial charge in [-0.2, -0.15) is 5.10 Å². The SMILES string of the molecule is CCOC(=O)c1nn(-c2ccc3c(c2)C(C)CO3)c2c1CCN(c1ccc(N3CCCCC3=O)cc1)C2=O. The van der Waals surface area contributed by atoms with Gasteiger partial charge >= 0.3 is 5.97 Å². The zero-order valence-electron chi connectivity index (χ0n) is 21.6. The molecule has 38 heavy (non-hydrogen) atoms. The Kier molecular flexibility index (Phi) is 6.13. The Morgan fingerprint density at radius 2 is 1.74 bits per heavy atom. The fourth-order valence-corrected chi connectivity index (χ4v) is 5.54. The van der Waals surface area contributed by atoms with Crippen LogP contribution in [0.15, 0.2) is 42.5 Å². The number of hydrogen-bond donors (Lipinski definition) is 0. The van der Waals surface area contributed by atoms with Gasteiger partial charge in [0.2, 0.25) is 5.91 Å². The van der Waals surface area contributed by atoms with Gasteiger partial charge in [-0.1, -0.05) is 6.92 Å². The third kappa shape index (κ3) is 4.02. The number of benzene rings is 2. The molecular weight excluding hydrogens is 484 g/mol. The summed E-state index contributed by atoms with van der Waals surface area (Å²) in [7, 11) is 0. The van der Waals surface area contributed by atoms with Crippen molar-refractivity contribution in [3.8, 4) is 11.4 Å². The summed E-state index contributed by atoms with van der Waals surface area (Å²) >= 11 is 0. The second-order valence-corrected chi connectivity index (χ2v) is 9.97. The Bertz CT molecular complexity index is 1430. The van der Waals surface area contributed by atoms with E-state index in [9.17, 15) is 14.4 Å². The number of amides is 2. The number of ether oxygens (including phenoxy) is 2. The van der Waals surface area contributed by atoms with Crippen molar-refractivity contribution in [3.63, 3.8) is 0 Å². The molecule has 0 spiro atoms. The Morgan fingerprint density at radius 3 is 2.47 bits per heavy atom. The van der Waals surface area contributed by atoms with Crippen LogP contribution in [0, 0.1) is 0 Å². The van der Waals surface area contributed by atoms with Gasteiger partial charge in [-0.25, -0.2) is 9.48 Å². The van der Waals surface area contributed by atoms with Crippen LogP contribution in [0.1, 0.15) is 71.1 Å². The summed E-state index contributed by atoms with van der Waals surface area (Å²) in [5.74, 6) is 0.414. The molecule has 0 bridgehead atoms. The van der Waals surface area contributed by atoms with E-state index in [4.69, 9.17) is 9.47 Å². The first-order valence-corrected chi connectivity index (χ1v) is 13.2. The molecule has 9 nitrogen and oxygen atoms in total. The Morgan fingerprint density at radius 1 is 1.00 bits per heavy atom. The quantitative estimate of drug-likeness (QED) is 0.472. The largest absolute Gasteiger partial charge is 0.493 e. The molecule has 6 rings (SSSR count). The molecule has 0 N–H and O–H groups in total. The molecule has 3 aliphatic rings. The lowest BCUT2D eigenvalue weighted by Gasteiger charge is -2.29. The van der Waals surface area contributed by atoms with Gasteiger partial charge in [0.1, 0.15) is 11.4 Å². The van der Waals surface area contributed by atoms with Crippen molar-refractivity contribution >= 4 is 29.2 Å². The van der Waals surface area contributed by atoms with Crippen LogP contribution >= 0.6 is 0 Å². The van der Waals surface area contributed by atoms with Gasteiger partial charge in [-0.3, -0.25) is 9.59 Å². The van der Waals surface area contributed by atoms with Gasteiger partial charge < -0.3 is 19.3 Å². The highest BCUT2D eigenvalue weighted by atomic mass is 16.5. The fraction of sp³-hybridized carbons (Fsp3) is 0.379. The predicted octanol–water partition coefficient (Wildman–Crippen LogP) is 4.26. The Hall–Kier alpha value is -4.14. The maximum Gasteiger partial charge on any atom is 0.359 e. The molecule has 1 unspecified atom stereocenters. The second-order valence-electron chi connectivity index (χ2n) is 9.97. The number of rotatable bonds is 5. The van der Waals surface area contributed by atoms with E-state index >= 15 is 0 Å². The standard InChI is InChI=1S/C29H30N4O5/c1-3-37-29(36)26-22-13-15-32(20-9-7-19(8-10-20)31-14-5-4-6-25(31)34)28(35)27(22)33(30-26)21-11-12-24-23(16-21)18(2)17-38-24/h7-12,16,18H,3-6,13-15,17H2,1-2H3. The summed E-state index contributed by atoms with van der Waals surface area (Å²) in [6.45, 7) is 5.78. The number of nitrogens with zero attached hydrogens (tertiary/aromatic N) is 4. The second kappa shape index (κ2) is 9.63. The third-order valence-corrected chi connectivity index (χ3v) is 7.54. The minimum atomic E-state index is -0.530. The van der Waals surface area contributed by atoms with E-state index in [0.717, 1.165) is 35.5 Å². The highest BCUT2D eigenvalue weighted by molar-refractivity contribution is 6.09. The third-order valence-electron chi connectivity index (χ3n) is 7.54. The summed E-state index contributed by atoms with van der Waals surface area (Å²) < 4.78 is 12.6. The molecule has 9 heteroatoms. The van der Waals surface area contributed by atoms with Gasteiger partial charge in [0.05, 0.1) is 18.9 Å². The molecule has 1 fully saturated rings. The maximum atomic E-state index is 14.0. The fourth-order valence-electron chi connectivity index (χ4n) is 5.54. The van der Waals surface area contributed by atoms with Crippen LogP contribution in [0.3, 0.4) is 0 Å². The molecule has 0 aliphatic carbocycles. The van der Waals surface area contributed by atoms with E-state index in [1.807, 2.05) is 47.4 Å². The topological polar surface area (TPSA) is 94.0 Å². The highest BCUT2D eigenvalue weighted by Gasteiger charge is 2.36. The average Bonchev–Trinajstić information content (AvgIpc) is 3.51.